The van der Waals surface area contributed by atoms with Gasteiger partial charge in [0.1, 0.15) is 11.3 Å². The van der Waals surface area contributed by atoms with Crippen LogP contribution in [0.2, 0.25) is 0 Å². The first-order valence-electron chi connectivity index (χ1n) is 12.7. The van der Waals surface area contributed by atoms with E-state index in [-0.39, 0.29) is 11.7 Å². The number of rotatable bonds is 6. The molecule has 0 unspecified atom stereocenters. The number of methoxy groups -OCH3 is 1. The number of fused-ring (bicyclic) bond motifs is 3. The van der Waals surface area contributed by atoms with E-state index in [1.165, 1.54) is 10.2 Å². The summed E-state index contributed by atoms with van der Waals surface area (Å²) in [6, 6.07) is 6.04. The number of imidazole rings is 1. The molecule has 0 atom stereocenters. The zero-order valence-corrected chi connectivity index (χ0v) is 20.9. The number of hydrogen-bond acceptors (Lipinski definition) is 7. The molecule has 3 aromatic heterocycles. The van der Waals surface area contributed by atoms with Crippen molar-refractivity contribution < 1.29 is 9.53 Å². The summed E-state index contributed by atoms with van der Waals surface area (Å²) >= 11 is 0. The van der Waals surface area contributed by atoms with Crippen molar-refractivity contribution in [1.29, 1.82) is 0 Å². The van der Waals surface area contributed by atoms with E-state index in [0.717, 1.165) is 61.2 Å². The molecule has 1 aliphatic carbocycles. The van der Waals surface area contributed by atoms with Crippen LogP contribution < -0.4 is 10.5 Å². The first-order valence-corrected chi connectivity index (χ1v) is 12.7. The molecule has 4 heterocycles. The Hall–Kier alpha value is -4.21. The van der Waals surface area contributed by atoms with Crippen molar-refractivity contribution in [2.24, 2.45) is 5.92 Å². The standard InChI is InChI=1S/C27H30N8O2/c1-37-21-4-5-22-19(14-21)2-3-20-15-30-27(31-24(20)22)35-16-23(25(28)32-35)26(36)34-11-7-18(8-12-34)6-10-33-13-9-29-17-33/h4-5,9,13-18H,2-3,6-8,10-12H2,1H3,(H2,28,32). The summed E-state index contributed by atoms with van der Waals surface area (Å²) in [7, 11) is 1.67. The van der Waals surface area contributed by atoms with E-state index in [4.69, 9.17) is 15.5 Å². The molecule has 0 saturated carbocycles. The van der Waals surface area contributed by atoms with Crippen LogP contribution in [-0.2, 0) is 19.4 Å². The second kappa shape index (κ2) is 9.68. The van der Waals surface area contributed by atoms with Crippen LogP contribution in [0.5, 0.6) is 5.75 Å². The van der Waals surface area contributed by atoms with Crippen molar-refractivity contribution in [2.45, 2.75) is 38.6 Å². The van der Waals surface area contributed by atoms with Gasteiger partial charge in [-0.1, -0.05) is 0 Å². The molecule has 37 heavy (non-hydrogen) atoms. The number of aryl methyl sites for hydroxylation is 3. The number of nitrogens with two attached hydrogens (primary N) is 1. The van der Waals surface area contributed by atoms with Gasteiger partial charge in [-0.25, -0.2) is 19.6 Å². The van der Waals surface area contributed by atoms with Crippen LogP contribution in [0, 0.1) is 5.92 Å². The van der Waals surface area contributed by atoms with Crippen LogP contribution in [0.3, 0.4) is 0 Å². The smallest absolute Gasteiger partial charge is 0.259 e. The predicted octanol–water partition coefficient (Wildman–Crippen LogP) is 3.16. The minimum Gasteiger partial charge on any atom is -0.497 e. The summed E-state index contributed by atoms with van der Waals surface area (Å²) < 4.78 is 9.00. The van der Waals surface area contributed by atoms with E-state index in [9.17, 15) is 4.79 Å². The zero-order chi connectivity index (χ0) is 25.4. The maximum absolute atomic E-state index is 13.3. The molecule has 2 aliphatic rings. The number of likely N-dealkylation sites (tertiary alicyclic amines) is 1. The number of anilines is 1. The molecule has 0 spiro atoms. The quantitative estimate of drug-likeness (QED) is 0.434. The van der Waals surface area contributed by atoms with Crippen LogP contribution in [-0.4, -0.2) is 60.3 Å². The van der Waals surface area contributed by atoms with Gasteiger partial charge >= 0.3 is 0 Å². The lowest BCUT2D eigenvalue weighted by Gasteiger charge is -2.32. The molecule has 0 radical (unpaired) electrons. The molecule has 1 fully saturated rings. The summed E-state index contributed by atoms with van der Waals surface area (Å²) in [5, 5.41) is 4.40. The van der Waals surface area contributed by atoms with Gasteiger partial charge in [-0.15, -0.1) is 5.10 Å². The maximum Gasteiger partial charge on any atom is 0.259 e. The fourth-order valence-corrected chi connectivity index (χ4v) is 5.33. The molecule has 10 heteroatoms. The molecule has 190 valence electrons. The number of nitrogen functional groups attached to an aromatic ring is 1. The van der Waals surface area contributed by atoms with Gasteiger partial charge in [-0.3, -0.25) is 4.79 Å². The third-order valence-corrected chi connectivity index (χ3v) is 7.52. The SMILES string of the molecule is COc1ccc2c(c1)CCc1cnc(-n3cc(C(=O)N4CCC(CCn5ccnc5)CC4)c(N)n3)nc1-2. The van der Waals surface area contributed by atoms with Crippen LogP contribution in [0.4, 0.5) is 5.82 Å². The highest BCUT2D eigenvalue weighted by Gasteiger charge is 2.27. The van der Waals surface area contributed by atoms with Crippen LogP contribution in [0.15, 0.2) is 49.3 Å². The third kappa shape index (κ3) is 4.54. The summed E-state index contributed by atoms with van der Waals surface area (Å²) in [6.45, 7) is 2.39. The summed E-state index contributed by atoms with van der Waals surface area (Å²) in [5.74, 6) is 1.93. The van der Waals surface area contributed by atoms with Gasteiger partial charge in [0.25, 0.3) is 11.9 Å². The second-order valence-corrected chi connectivity index (χ2v) is 9.76. The molecule has 1 saturated heterocycles. The Kier molecular flexibility index (Phi) is 6.07. The van der Waals surface area contributed by atoms with Crippen molar-refractivity contribution >= 4 is 11.7 Å². The van der Waals surface area contributed by atoms with E-state index in [1.54, 1.807) is 19.5 Å². The number of benzene rings is 1. The molecule has 2 N–H and O–H groups in total. The predicted molar refractivity (Wildman–Crippen MR) is 138 cm³/mol. The molecular formula is C27H30N8O2. The Bertz CT molecular complexity index is 1420. The lowest BCUT2D eigenvalue weighted by molar-refractivity contribution is 0.0686. The highest BCUT2D eigenvalue weighted by Crippen LogP contribution is 2.34. The van der Waals surface area contributed by atoms with Gasteiger partial charge in [-0.2, -0.15) is 0 Å². The number of amides is 1. The number of piperidine rings is 1. The Labute approximate surface area is 215 Å². The van der Waals surface area contributed by atoms with Crippen LogP contribution in [0.1, 0.15) is 40.7 Å². The summed E-state index contributed by atoms with van der Waals surface area (Å²) in [4.78, 5) is 28.6. The van der Waals surface area contributed by atoms with E-state index in [1.807, 2.05) is 35.8 Å². The van der Waals surface area contributed by atoms with Gasteiger partial charge in [0, 0.05) is 50.0 Å². The van der Waals surface area contributed by atoms with Gasteiger partial charge in [-0.05, 0) is 67.3 Å². The third-order valence-electron chi connectivity index (χ3n) is 7.52. The van der Waals surface area contributed by atoms with Crippen molar-refractivity contribution in [2.75, 3.05) is 25.9 Å². The van der Waals surface area contributed by atoms with E-state index in [2.05, 4.69) is 25.7 Å². The van der Waals surface area contributed by atoms with Crippen LogP contribution in [0.25, 0.3) is 17.2 Å². The van der Waals surface area contributed by atoms with E-state index >= 15 is 0 Å². The number of aromatic nitrogens is 6. The van der Waals surface area contributed by atoms with E-state index in [0.29, 0.717) is 30.5 Å². The zero-order valence-electron chi connectivity index (χ0n) is 20.9. The molecule has 1 amide bonds. The van der Waals surface area contributed by atoms with Crippen molar-refractivity contribution in [3.8, 4) is 23.0 Å². The monoisotopic (exact) mass is 498 g/mol. The molecule has 4 aromatic rings. The first kappa shape index (κ1) is 23.2. The average molecular weight is 499 g/mol. The number of carbonyl (C=O) groups excluding carboxylic acids is 1. The minimum absolute atomic E-state index is 0.0905. The van der Waals surface area contributed by atoms with Crippen molar-refractivity contribution in [1.82, 2.24) is 34.2 Å². The van der Waals surface area contributed by atoms with Crippen molar-refractivity contribution in [3.63, 3.8) is 0 Å². The molecule has 10 nitrogen and oxygen atoms in total. The summed E-state index contributed by atoms with van der Waals surface area (Å²) in [5.41, 5.74) is 10.8. The number of nitrogens with zero attached hydrogens (tertiary/aromatic N) is 7. The lowest BCUT2D eigenvalue weighted by atomic mass is 9.90. The Morgan fingerprint density at radius 2 is 2.03 bits per heavy atom. The number of carbonyl (C=O) groups is 1. The van der Waals surface area contributed by atoms with Gasteiger partial charge in [0.05, 0.1) is 19.1 Å². The van der Waals surface area contributed by atoms with Crippen LogP contribution >= 0.6 is 0 Å². The summed E-state index contributed by atoms with van der Waals surface area (Å²) in [6.07, 6.45) is 14.0. The molecular weight excluding hydrogens is 468 g/mol. The minimum atomic E-state index is -0.0905. The largest absolute Gasteiger partial charge is 0.497 e. The fourth-order valence-electron chi connectivity index (χ4n) is 5.33. The van der Waals surface area contributed by atoms with E-state index < -0.39 is 0 Å². The molecule has 1 aliphatic heterocycles. The van der Waals surface area contributed by atoms with Gasteiger partial charge < -0.3 is 19.9 Å². The first-order chi connectivity index (χ1) is 18.1. The number of ether oxygens (including phenoxy) is 1. The van der Waals surface area contributed by atoms with Crippen molar-refractivity contribution in [3.05, 3.63) is 66.0 Å². The maximum atomic E-state index is 13.3. The molecule has 1 aromatic carbocycles. The number of hydrogen-bond donors (Lipinski definition) is 1. The highest BCUT2D eigenvalue weighted by atomic mass is 16.5. The molecule has 0 bridgehead atoms. The highest BCUT2D eigenvalue weighted by molar-refractivity contribution is 5.98. The second-order valence-electron chi connectivity index (χ2n) is 9.76. The normalized spacial score (nSPS) is 15.3. The Morgan fingerprint density at radius 1 is 1.19 bits per heavy atom. The molecule has 6 rings (SSSR count). The van der Waals surface area contributed by atoms with Gasteiger partial charge in [0.2, 0.25) is 0 Å². The average Bonchev–Trinajstić information content (AvgIpc) is 3.61. The topological polar surface area (TPSA) is 117 Å². The Balaban J connectivity index is 1.17. The lowest BCUT2D eigenvalue weighted by Crippen LogP contribution is -2.38. The Morgan fingerprint density at radius 3 is 2.81 bits per heavy atom. The fraction of sp³-hybridized carbons (Fsp3) is 0.370. The van der Waals surface area contributed by atoms with Gasteiger partial charge in [0.15, 0.2) is 5.82 Å².